The average Bonchev–Trinajstić information content (AvgIpc) is 2.73. The molecule has 2 N–H and O–H groups in total. The van der Waals surface area contributed by atoms with Gasteiger partial charge in [0.1, 0.15) is 0 Å². The monoisotopic (exact) mass is 245 g/mol. The smallest absolute Gasteiger partial charge is 0.248 e. The Balaban J connectivity index is 2.34. The fraction of sp³-hybridized carbons (Fsp3) is 0.429. The highest BCUT2D eigenvalue weighted by Gasteiger charge is 2.13. The zero-order valence-electron chi connectivity index (χ0n) is 11.2. The summed E-state index contributed by atoms with van der Waals surface area (Å²) >= 11 is 0. The van der Waals surface area contributed by atoms with Crippen molar-refractivity contribution < 1.29 is 4.42 Å². The molecule has 1 aromatic carbocycles. The summed E-state index contributed by atoms with van der Waals surface area (Å²) in [6.07, 6.45) is 1.61. The van der Waals surface area contributed by atoms with E-state index in [2.05, 4.69) is 43.1 Å². The largest absolute Gasteiger partial charge is 0.421 e. The van der Waals surface area contributed by atoms with Gasteiger partial charge in [0.15, 0.2) is 0 Å². The molecule has 0 fully saturated rings. The molecule has 0 unspecified atom stereocenters. The fourth-order valence-electron chi connectivity index (χ4n) is 2.23. The van der Waals surface area contributed by atoms with Crippen molar-refractivity contribution in [1.82, 2.24) is 10.2 Å². The quantitative estimate of drug-likeness (QED) is 0.899. The molecule has 1 aromatic heterocycles. The van der Waals surface area contributed by atoms with Crippen molar-refractivity contribution in [2.75, 3.05) is 6.54 Å². The lowest BCUT2D eigenvalue weighted by Gasteiger charge is -2.06. The molecule has 0 bridgehead atoms. The summed E-state index contributed by atoms with van der Waals surface area (Å²) in [6, 6.07) is 4.26. The number of aromatic nitrogens is 2. The van der Waals surface area contributed by atoms with Crippen molar-refractivity contribution >= 4 is 0 Å². The fourth-order valence-corrected chi connectivity index (χ4v) is 2.23. The zero-order chi connectivity index (χ0) is 13.1. The van der Waals surface area contributed by atoms with Crippen molar-refractivity contribution in [3.05, 3.63) is 34.7 Å². The molecule has 0 aliphatic heterocycles. The molecule has 0 radical (unpaired) electrons. The van der Waals surface area contributed by atoms with Crippen molar-refractivity contribution in [1.29, 1.82) is 0 Å². The van der Waals surface area contributed by atoms with Crippen molar-refractivity contribution in [3.63, 3.8) is 0 Å². The predicted octanol–water partition coefficient (Wildman–Crippen LogP) is 2.55. The van der Waals surface area contributed by atoms with Gasteiger partial charge in [0.25, 0.3) is 0 Å². The third-order valence-electron chi connectivity index (χ3n) is 2.95. The number of nitrogens with zero attached hydrogens (tertiary/aromatic N) is 2. The Labute approximate surface area is 107 Å². The number of rotatable bonds is 4. The number of nitrogens with two attached hydrogens (primary N) is 1. The topological polar surface area (TPSA) is 64.9 Å². The van der Waals surface area contributed by atoms with Crippen LogP contribution in [0.25, 0.3) is 11.5 Å². The van der Waals surface area contributed by atoms with E-state index < -0.39 is 0 Å². The summed E-state index contributed by atoms with van der Waals surface area (Å²) in [7, 11) is 0. The van der Waals surface area contributed by atoms with Crippen LogP contribution in [0.4, 0.5) is 0 Å². The maximum Gasteiger partial charge on any atom is 0.248 e. The van der Waals surface area contributed by atoms with E-state index in [0.717, 1.165) is 18.4 Å². The second-order valence-corrected chi connectivity index (χ2v) is 4.67. The van der Waals surface area contributed by atoms with Crippen LogP contribution < -0.4 is 5.73 Å². The van der Waals surface area contributed by atoms with Gasteiger partial charge in [-0.15, -0.1) is 10.2 Å². The number of aryl methyl sites for hydroxylation is 4. The lowest BCUT2D eigenvalue weighted by atomic mass is 10.00. The first kappa shape index (κ1) is 12.8. The van der Waals surface area contributed by atoms with Crippen molar-refractivity contribution in [3.8, 4) is 11.5 Å². The molecule has 0 aliphatic carbocycles. The summed E-state index contributed by atoms with van der Waals surface area (Å²) in [4.78, 5) is 0. The van der Waals surface area contributed by atoms with E-state index in [-0.39, 0.29) is 0 Å². The van der Waals surface area contributed by atoms with Crippen LogP contribution in [0.3, 0.4) is 0 Å². The van der Waals surface area contributed by atoms with Crippen LogP contribution in [-0.4, -0.2) is 16.7 Å². The third kappa shape index (κ3) is 2.59. The van der Waals surface area contributed by atoms with E-state index in [9.17, 15) is 0 Å². The van der Waals surface area contributed by atoms with Crippen molar-refractivity contribution in [2.24, 2.45) is 5.73 Å². The van der Waals surface area contributed by atoms with Gasteiger partial charge in [-0.05, 0) is 44.9 Å². The zero-order valence-corrected chi connectivity index (χ0v) is 11.2. The Kier molecular flexibility index (Phi) is 3.77. The Morgan fingerprint density at radius 3 is 2.39 bits per heavy atom. The van der Waals surface area contributed by atoms with Crippen LogP contribution in [0.15, 0.2) is 16.5 Å². The van der Waals surface area contributed by atoms with E-state index >= 15 is 0 Å². The molecule has 0 aliphatic rings. The second kappa shape index (κ2) is 5.31. The van der Waals surface area contributed by atoms with Gasteiger partial charge < -0.3 is 10.2 Å². The minimum Gasteiger partial charge on any atom is -0.421 e. The van der Waals surface area contributed by atoms with Crippen LogP contribution in [0.2, 0.25) is 0 Å². The lowest BCUT2D eigenvalue weighted by Crippen LogP contribution is -2.00. The van der Waals surface area contributed by atoms with Crippen LogP contribution in [0, 0.1) is 20.8 Å². The van der Waals surface area contributed by atoms with Gasteiger partial charge in [0.2, 0.25) is 11.8 Å². The van der Waals surface area contributed by atoms with Gasteiger partial charge in [0, 0.05) is 12.0 Å². The molecule has 2 rings (SSSR count). The minimum atomic E-state index is 0.608. The van der Waals surface area contributed by atoms with Gasteiger partial charge in [-0.25, -0.2) is 0 Å². The van der Waals surface area contributed by atoms with E-state index in [4.69, 9.17) is 10.2 Å². The van der Waals surface area contributed by atoms with E-state index in [1.54, 1.807) is 0 Å². The van der Waals surface area contributed by atoms with Gasteiger partial charge >= 0.3 is 0 Å². The molecule has 18 heavy (non-hydrogen) atoms. The number of hydrogen-bond acceptors (Lipinski definition) is 4. The summed E-state index contributed by atoms with van der Waals surface area (Å²) in [5.41, 5.74) is 10.1. The standard InChI is InChI=1S/C14H19N3O/c1-9-7-10(2)13(11(3)8-9)14-17-16-12(18-14)5-4-6-15/h7-8H,4-6,15H2,1-3H3. The van der Waals surface area contributed by atoms with Gasteiger partial charge in [-0.3, -0.25) is 0 Å². The van der Waals surface area contributed by atoms with E-state index in [1.807, 2.05) is 0 Å². The Hall–Kier alpha value is -1.68. The minimum absolute atomic E-state index is 0.608. The molecular weight excluding hydrogens is 226 g/mol. The van der Waals surface area contributed by atoms with Crippen LogP contribution >= 0.6 is 0 Å². The molecule has 0 saturated heterocycles. The maximum absolute atomic E-state index is 5.70. The molecule has 0 saturated carbocycles. The molecule has 4 nitrogen and oxygen atoms in total. The molecule has 0 amide bonds. The summed E-state index contributed by atoms with van der Waals surface area (Å²) in [6.45, 7) is 6.86. The normalized spacial score (nSPS) is 10.9. The molecular formula is C14H19N3O. The van der Waals surface area contributed by atoms with Crippen LogP contribution in [-0.2, 0) is 6.42 Å². The highest BCUT2D eigenvalue weighted by atomic mass is 16.4. The molecule has 96 valence electrons. The van der Waals surface area contributed by atoms with Gasteiger partial charge in [-0.2, -0.15) is 0 Å². The second-order valence-electron chi connectivity index (χ2n) is 4.67. The summed E-state index contributed by atoms with van der Waals surface area (Å²) < 4.78 is 5.70. The first-order chi connectivity index (χ1) is 8.61. The first-order valence-electron chi connectivity index (χ1n) is 6.22. The molecule has 1 heterocycles. The molecule has 2 aromatic rings. The summed E-state index contributed by atoms with van der Waals surface area (Å²) in [5.74, 6) is 1.27. The van der Waals surface area contributed by atoms with Crippen LogP contribution in [0.5, 0.6) is 0 Å². The molecule has 0 spiro atoms. The third-order valence-corrected chi connectivity index (χ3v) is 2.95. The maximum atomic E-state index is 5.70. The Bertz CT molecular complexity index is 523. The van der Waals surface area contributed by atoms with Gasteiger partial charge in [0.05, 0.1) is 0 Å². The SMILES string of the molecule is Cc1cc(C)c(-c2nnc(CCCN)o2)c(C)c1. The lowest BCUT2D eigenvalue weighted by molar-refractivity contribution is 0.498. The Morgan fingerprint density at radius 1 is 1.11 bits per heavy atom. The van der Waals surface area contributed by atoms with E-state index in [1.165, 1.54) is 16.7 Å². The molecule has 4 heteroatoms. The predicted molar refractivity (Wildman–Crippen MR) is 71.3 cm³/mol. The van der Waals surface area contributed by atoms with E-state index in [0.29, 0.717) is 18.3 Å². The molecule has 0 atom stereocenters. The highest BCUT2D eigenvalue weighted by molar-refractivity contribution is 5.63. The Morgan fingerprint density at radius 2 is 1.78 bits per heavy atom. The van der Waals surface area contributed by atoms with Crippen molar-refractivity contribution in [2.45, 2.75) is 33.6 Å². The number of benzene rings is 1. The average molecular weight is 245 g/mol. The number of hydrogen-bond donors (Lipinski definition) is 1. The first-order valence-corrected chi connectivity index (χ1v) is 6.22. The van der Waals surface area contributed by atoms with Gasteiger partial charge in [-0.1, -0.05) is 17.7 Å². The summed E-state index contributed by atoms with van der Waals surface area (Å²) in [5, 5.41) is 8.20. The highest BCUT2D eigenvalue weighted by Crippen LogP contribution is 2.27. The van der Waals surface area contributed by atoms with Crippen LogP contribution in [0.1, 0.15) is 29.0 Å².